The van der Waals surface area contributed by atoms with Crippen LogP contribution in [-0.2, 0) is 0 Å². The lowest BCUT2D eigenvalue weighted by Gasteiger charge is -2.36. The van der Waals surface area contributed by atoms with Gasteiger partial charge in [-0.05, 0) is 44.5 Å². The van der Waals surface area contributed by atoms with Gasteiger partial charge in [-0.2, -0.15) is 0 Å². The van der Waals surface area contributed by atoms with E-state index in [4.69, 9.17) is 5.73 Å². The quantitative estimate of drug-likeness (QED) is 0.837. The van der Waals surface area contributed by atoms with Crippen molar-refractivity contribution in [3.63, 3.8) is 0 Å². The molecule has 0 spiro atoms. The first-order valence-corrected chi connectivity index (χ1v) is 8.36. The summed E-state index contributed by atoms with van der Waals surface area (Å²) in [6.07, 6.45) is 2.67. The van der Waals surface area contributed by atoms with Crippen molar-refractivity contribution in [1.82, 2.24) is 9.80 Å². The monoisotopic (exact) mass is 289 g/mol. The van der Waals surface area contributed by atoms with Crippen molar-refractivity contribution >= 4 is 0 Å². The number of hydrogen-bond donors (Lipinski definition) is 1. The lowest BCUT2D eigenvalue weighted by atomic mass is 9.92. The number of hydrogen-bond acceptors (Lipinski definition) is 3. The fourth-order valence-electron chi connectivity index (χ4n) is 3.73. The van der Waals surface area contributed by atoms with E-state index >= 15 is 0 Å². The minimum atomic E-state index is 0.409. The summed E-state index contributed by atoms with van der Waals surface area (Å²) in [5.74, 6) is 0.470. The van der Waals surface area contributed by atoms with Gasteiger partial charge < -0.3 is 10.6 Å². The Morgan fingerprint density at radius 3 is 2.67 bits per heavy atom. The molecule has 3 nitrogen and oxygen atoms in total. The minimum absolute atomic E-state index is 0.409. The van der Waals surface area contributed by atoms with E-state index in [1.807, 2.05) is 0 Å². The highest BCUT2D eigenvalue weighted by molar-refractivity contribution is 5.20. The molecule has 0 radical (unpaired) electrons. The molecule has 2 rings (SSSR count). The van der Waals surface area contributed by atoms with Crippen LogP contribution < -0.4 is 5.73 Å². The first kappa shape index (κ1) is 16.5. The van der Waals surface area contributed by atoms with Crippen molar-refractivity contribution in [2.45, 2.75) is 44.7 Å². The topological polar surface area (TPSA) is 32.5 Å². The van der Waals surface area contributed by atoms with Crippen LogP contribution in [0.5, 0.6) is 0 Å². The third-order valence-electron chi connectivity index (χ3n) is 5.11. The Hall–Kier alpha value is -0.900. The Bertz CT molecular complexity index is 406. The molecule has 21 heavy (non-hydrogen) atoms. The van der Waals surface area contributed by atoms with Crippen LogP contribution in [-0.4, -0.2) is 55.1 Å². The van der Waals surface area contributed by atoms with Crippen LogP contribution >= 0.6 is 0 Å². The average molecular weight is 289 g/mol. The number of nitrogens with two attached hydrogens (primary N) is 1. The van der Waals surface area contributed by atoms with Crippen molar-refractivity contribution in [3.05, 3.63) is 35.9 Å². The molecule has 3 atom stereocenters. The molecule has 0 aliphatic carbocycles. The lowest BCUT2D eigenvalue weighted by molar-refractivity contribution is 0.153. The molecule has 1 aliphatic rings. The van der Waals surface area contributed by atoms with Crippen molar-refractivity contribution in [2.24, 2.45) is 5.73 Å². The van der Waals surface area contributed by atoms with Crippen molar-refractivity contribution in [3.8, 4) is 0 Å². The standard InChI is InChI=1S/C18H31N3/c1-4-21-12-8-11-17(21)14-20(3)18(13-19)15(2)16-9-6-5-7-10-16/h5-7,9-10,15,17-18H,4,8,11-14,19H2,1-3H3. The van der Waals surface area contributed by atoms with E-state index in [1.165, 1.54) is 31.5 Å². The largest absolute Gasteiger partial charge is 0.329 e. The van der Waals surface area contributed by atoms with E-state index in [0.29, 0.717) is 24.5 Å². The smallest absolute Gasteiger partial charge is 0.0281 e. The highest BCUT2D eigenvalue weighted by Crippen LogP contribution is 2.24. The second-order valence-corrected chi connectivity index (χ2v) is 6.37. The van der Waals surface area contributed by atoms with Gasteiger partial charge in [0.05, 0.1) is 0 Å². The van der Waals surface area contributed by atoms with Gasteiger partial charge in [-0.1, -0.05) is 44.2 Å². The van der Waals surface area contributed by atoms with Gasteiger partial charge in [0, 0.05) is 25.2 Å². The van der Waals surface area contributed by atoms with E-state index in [2.05, 4.69) is 61.0 Å². The van der Waals surface area contributed by atoms with Crippen molar-refractivity contribution in [2.75, 3.05) is 33.2 Å². The summed E-state index contributed by atoms with van der Waals surface area (Å²) in [6, 6.07) is 11.9. The Morgan fingerprint density at radius 1 is 1.33 bits per heavy atom. The van der Waals surface area contributed by atoms with E-state index in [0.717, 1.165) is 6.54 Å². The Balaban J connectivity index is 1.99. The van der Waals surface area contributed by atoms with Gasteiger partial charge in [-0.3, -0.25) is 4.90 Å². The Morgan fingerprint density at radius 2 is 2.05 bits per heavy atom. The zero-order chi connectivity index (χ0) is 15.2. The van der Waals surface area contributed by atoms with Crippen molar-refractivity contribution < 1.29 is 0 Å². The average Bonchev–Trinajstić information content (AvgIpc) is 2.96. The van der Waals surface area contributed by atoms with Crippen LogP contribution in [0.1, 0.15) is 38.2 Å². The second-order valence-electron chi connectivity index (χ2n) is 6.37. The van der Waals surface area contributed by atoms with E-state index in [9.17, 15) is 0 Å². The maximum atomic E-state index is 6.10. The second kappa shape index (κ2) is 7.92. The summed E-state index contributed by atoms with van der Waals surface area (Å²) >= 11 is 0. The molecule has 1 heterocycles. The summed E-state index contributed by atoms with van der Waals surface area (Å²) in [4.78, 5) is 5.09. The molecule has 0 amide bonds. The Labute approximate surface area is 130 Å². The molecular formula is C18H31N3. The molecule has 0 bridgehead atoms. The molecule has 3 heteroatoms. The van der Waals surface area contributed by atoms with Crippen LogP contribution in [0.4, 0.5) is 0 Å². The number of likely N-dealkylation sites (tertiary alicyclic amines) is 1. The van der Waals surface area contributed by atoms with Gasteiger partial charge in [-0.25, -0.2) is 0 Å². The SMILES string of the molecule is CCN1CCCC1CN(C)C(CN)C(C)c1ccccc1. The summed E-state index contributed by atoms with van der Waals surface area (Å²) in [7, 11) is 2.24. The summed E-state index contributed by atoms with van der Waals surface area (Å²) in [5.41, 5.74) is 7.49. The molecule has 1 aromatic carbocycles. The van der Waals surface area contributed by atoms with Gasteiger partial charge in [0.25, 0.3) is 0 Å². The third-order valence-corrected chi connectivity index (χ3v) is 5.11. The molecule has 2 N–H and O–H groups in total. The zero-order valence-corrected chi connectivity index (χ0v) is 13.8. The third kappa shape index (κ3) is 4.06. The highest BCUT2D eigenvalue weighted by atomic mass is 15.2. The molecule has 0 saturated carbocycles. The number of rotatable bonds is 7. The van der Waals surface area contributed by atoms with Crippen LogP contribution in [0.2, 0.25) is 0 Å². The van der Waals surface area contributed by atoms with Crippen molar-refractivity contribution in [1.29, 1.82) is 0 Å². The fraction of sp³-hybridized carbons (Fsp3) is 0.667. The van der Waals surface area contributed by atoms with E-state index in [-0.39, 0.29) is 0 Å². The predicted octanol–water partition coefficient (Wildman–Crippen LogP) is 2.53. The number of nitrogens with zero attached hydrogens (tertiary/aromatic N) is 2. The number of likely N-dealkylation sites (N-methyl/N-ethyl adjacent to an activating group) is 2. The highest BCUT2D eigenvalue weighted by Gasteiger charge is 2.28. The van der Waals surface area contributed by atoms with Gasteiger partial charge >= 0.3 is 0 Å². The van der Waals surface area contributed by atoms with Gasteiger partial charge in [0.2, 0.25) is 0 Å². The Kier molecular flexibility index (Phi) is 6.22. The van der Waals surface area contributed by atoms with Gasteiger partial charge in [0.1, 0.15) is 0 Å². The first-order chi connectivity index (χ1) is 10.2. The molecule has 1 fully saturated rings. The van der Waals surface area contributed by atoms with Crippen LogP contribution in [0, 0.1) is 0 Å². The van der Waals surface area contributed by atoms with Crippen LogP contribution in [0.3, 0.4) is 0 Å². The predicted molar refractivity (Wildman–Crippen MR) is 90.6 cm³/mol. The summed E-state index contributed by atoms with van der Waals surface area (Å²) in [6.45, 7) is 8.84. The molecule has 118 valence electrons. The molecule has 3 unspecified atom stereocenters. The van der Waals surface area contributed by atoms with Gasteiger partial charge in [-0.15, -0.1) is 0 Å². The molecular weight excluding hydrogens is 258 g/mol. The maximum Gasteiger partial charge on any atom is 0.0281 e. The molecule has 1 aliphatic heterocycles. The van der Waals surface area contributed by atoms with E-state index < -0.39 is 0 Å². The maximum absolute atomic E-state index is 6.10. The van der Waals surface area contributed by atoms with Crippen LogP contribution in [0.15, 0.2) is 30.3 Å². The molecule has 0 aromatic heterocycles. The van der Waals surface area contributed by atoms with Crippen LogP contribution in [0.25, 0.3) is 0 Å². The van der Waals surface area contributed by atoms with Gasteiger partial charge in [0.15, 0.2) is 0 Å². The first-order valence-electron chi connectivity index (χ1n) is 8.36. The van der Waals surface area contributed by atoms with E-state index in [1.54, 1.807) is 0 Å². The zero-order valence-electron chi connectivity index (χ0n) is 13.8. The normalized spacial score (nSPS) is 22.6. The molecule has 1 aromatic rings. The fourth-order valence-corrected chi connectivity index (χ4v) is 3.73. The summed E-state index contributed by atoms with van der Waals surface area (Å²) < 4.78 is 0. The molecule has 1 saturated heterocycles. The number of benzene rings is 1. The summed E-state index contributed by atoms with van der Waals surface area (Å²) in [5, 5.41) is 0. The lowest BCUT2D eigenvalue weighted by Crippen LogP contribution is -2.47. The minimum Gasteiger partial charge on any atom is -0.329 e.